The van der Waals surface area contributed by atoms with Crippen molar-refractivity contribution in [3.63, 3.8) is 0 Å². The summed E-state index contributed by atoms with van der Waals surface area (Å²) in [5.41, 5.74) is 0.700. The summed E-state index contributed by atoms with van der Waals surface area (Å²) in [5, 5.41) is 11.9. The minimum Gasteiger partial charge on any atom is -0.469 e. The van der Waals surface area contributed by atoms with E-state index < -0.39 is 6.04 Å². The standard InChI is InChI=1S/C18H18N4O3/c23-16(9-8-14-7-4-12-25-14)21-17(13-5-2-1-3-6-13)18(24)20-15-10-11-19-22-15/h1-7,10-12,17H,8-9H2,(H,21,23)(H2,19,20,22,24)/t17-/m0/s1. The Morgan fingerprint density at radius 2 is 1.96 bits per heavy atom. The fraction of sp³-hybridized carbons (Fsp3) is 0.167. The largest absolute Gasteiger partial charge is 0.469 e. The Hall–Kier alpha value is -3.35. The normalized spacial score (nSPS) is 11.7. The van der Waals surface area contributed by atoms with Gasteiger partial charge in [-0.15, -0.1) is 0 Å². The molecule has 0 bridgehead atoms. The molecule has 0 aliphatic rings. The zero-order valence-electron chi connectivity index (χ0n) is 13.4. The van der Waals surface area contributed by atoms with Gasteiger partial charge in [0.2, 0.25) is 5.91 Å². The van der Waals surface area contributed by atoms with Crippen molar-refractivity contribution in [2.75, 3.05) is 5.32 Å². The van der Waals surface area contributed by atoms with Gasteiger partial charge in [-0.2, -0.15) is 5.10 Å². The van der Waals surface area contributed by atoms with Crippen molar-refractivity contribution >= 4 is 17.6 Å². The number of carbonyl (C=O) groups is 2. The number of anilines is 1. The lowest BCUT2D eigenvalue weighted by Gasteiger charge is -2.18. The molecular formula is C18H18N4O3. The first kappa shape index (κ1) is 16.5. The zero-order chi connectivity index (χ0) is 17.5. The molecule has 1 atom stereocenters. The van der Waals surface area contributed by atoms with E-state index in [2.05, 4.69) is 20.8 Å². The second-order valence-electron chi connectivity index (χ2n) is 5.45. The molecule has 0 saturated heterocycles. The van der Waals surface area contributed by atoms with Crippen LogP contribution in [0.4, 0.5) is 5.82 Å². The van der Waals surface area contributed by atoms with E-state index in [1.54, 1.807) is 30.5 Å². The van der Waals surface area contributed by atoms with Gasteiger partial charge >= 0.3 is 0 Å². The van der Waals surface area contributed by atoms with Crippen LogP contribution in [-0.4, -0.2) is 22.0 Å². The number of benzene rings is 1. The fourth-order valence-corrected chi connectivity index (χ4v) is 2.40. The number of hydrogen-bond donors (Lipinski definition) is 3. The summed E-state index contributed by atoms with van der Waals surface area (Å²) in [6.45, 7) is 0. The number of aryl methyl sites for hydroxylation is 1. The first-order valence-electron chi connectivity index (χ1n) is 7.89. The summed E-state index contributed by atoms with van der Waals surface area (Å²) in [6, 6.07) is 13.5. The van der Waals surface area contributed by atoms with Crippen molar-refractivity contribution in [3.8, 4) is 0 Å². The lowest BCUT2D eigenvalue weighted by Crippen LogP contribution is -2.37. The molecule has 0 unspecified atom stereocenters. The van der Waals surface area contributed by atoms with Gasteiger partial charge in [0.15, 0.2) is 0 Å². The smallest absolute Gasteiger partial charge is 0.252 e. The van der Waals surface area contributed by atoms with Crippen LogP contribution < -0.4 is 10.6 Å². The van der Waals surface area contributed by atoms with Gasteiger partial charge in [-0.1, -0.05) is 30.3 Å². The number of hydrogen-bond acceptors (Lipinski definition) is 4. The maximum Gasteiger partial charge on any atom is 0.252 e. The van der Waals surface area contributed by atoms with Gasteiger partial charge in [0.05, 0.1) is 12.5 Å². The van der Waals surface area contributed by atoms with E-state index in [4.69, 9.17) is 4.42 Å². The number of carbonyl (C=O) groups excluding carboxylic acids is 2. The first-order chi connectivity index (χ1) is 12.2. The zero-order valence-corrected chi connectivity index (χ0v) is 13.4. The van der Waals surface area contributed by atoms with Crippen LogP contribution in [0.15, 0.2) is 65.4 Å². The van der Waals surface area contributed by atoms with E-state index in [1.165, 1.54) is 6.20 Å². The number of nitrogens with one attached hydrogen (secondary N) is 3. The maximum absolute atomic E-state index is 12.6. The van der Waals surface area contributed by atoms with E-state index in [0.717, 1.165) is 5.76 Å². The average molecular weight is 338 g/mol. The summed E-state index contributed by atoms with van der Waals surface area (Å²) in [7, 11) is 0. The molecule has 0 radical (unpaired) electrons. The van der Waals surface area contributed by atoms with Crippen molar-refractivity contribution in [3.05, 3.63) is 72.3 Å². The van der Waals surface area contributed by atoms with Crippen LogP contribution in [0.5, 0.6) is 0 Å². The fourth-order valence-electron chi connectivity index (χ4n) is 2.40. The van der Waals surface area contributed by atoms with Crippen molar-refractivity contribution in [1.29, 1.82) is 0 Å². The van der Waals surface area contributed by atoms with Crippen molar-refractivity contribution in [2.24, 2.45) is 0 Å². The summed E-state index contributed by atoms with van der Waals surface area (Å²) >= 11 is 0. The lowest BCUT2D eigenvalue weighted by atomic mass is 10.1. The number of nitrogens with zero attached hydrogens (tertiary/aromatic N) is 1. The Balaban J connectivity index is 1.67. The summed E-state index contributed by atoms with van der Waals surface area (Å²) in [5.74, 6) is 0.621. The molecule has 3 aromatic rings. The van der Waals surface area contributed by atoms with Gasteiger partial charge in [0.1, 0.15) is 17.6 Å². The molecule has 0 spiro atoms. The number of furan rings is 1. The first-order valence-corrected chi connectivity index (χ1v) is 7.89. The average Bonchev–Trinajstić information content (AvgIpc) is 3.32. The highest BCUT2D eigenvalue weighted by atomic mass is 16.3. The van der Waals surface area contributed by atoms with Crippen LogP contribution in [0.2, 0.25) is 0 Å². The molecule has 7 heteroatoms. The minimum atomic E-state index is -0.798. The molecular weight excluding hydrogens is 320 g/mol. The molecule has 1 aromatic carbocycles. The Labute approximate surface area is 144 Å². The summed E-state index contributed by atoms with van der Waals surface area (Å²) < 4.78 is 5.22. The van der Waals surface area contributed by atoms with Crippen molar-refractivity contribution < 1.29 is 14.0 Å². The molecule has 2 amide bonds. The van der Waals surface area contributed by atoms with Crippen LogP contribution in [0.3, 0.4) is 0 Å². The highest BCUT2D eigenvalue weighted by molar-refractivity contribution is 5.97. The van der Waals surface area contributed by atoms with Gasteiger partial charge in [-0.05, 0) is 17.7 Å². The van der Waals surface area contributed by atoms with E-state index >= 15 is 0 Å². The van der Waals surface area contributed by atoms with Crippen molar-refractivity contribution in [2.45, 2.75) is 18.9 Å². The number of H-pyrrole nitrogens is 1. The van der Waals surface area contributed by atoms with Crippen LogP contribution in [0.25, 0.3) is 0 Å². The highest BCUT2D eigenvalue weighted by Gasteiger charge is 2.23. The van der Waals surface area contributed by atoms with E-state index in [9.17, 15) is 9.59 Å². The predicted molar refractivity (Wildman–Crippen MR) is 91.6 cm³/mol. The van der Waals surface area contributed by atoms with E-state index in [0.29, 0.717) is 17.8 Å². The number of rotatable bonds is 7. The van der Waals surface area contributed by atoms with E-state index in [-0.39, 0.29) is 18.2 Å². The predicted octanol–water partition coefficient (Wildman–Crippen LogP) is 2.43. The molecule has 0 saturated carbocycles. The quantitative estimate of drug-likeness (QED) is 0.616. The lowest BCUT2D eigenvalue weighted by molar-refractivity contribution is -0.126. The Morgan fingerprint density at radius 3 is 2.64 bits per heavy atom. The van der Waals surface area contributed by atoms with Gasteiger partial charge in [0, 0.05) is 18.9 Å². The van der Waals surface area contributed by atoms with Gasteiger partial charge in [-0.25, -0.2) is 0 Å². The van der Waals surface area contributed by atoms with Crippen molar-refractivity contribution in [1.82, 2.24) is 15.5 Å². The number of aromatic nitrogens is 2. The molecule has 3 rings (SSSR count). The third kappa shape index (κ3) is 4.57. The molecule has 0 fully saturated rings. The molecule has 0 aliphatic carbocycles. The van der Waals surface area contributed by atoms with Crippen LogP contribution in [-0.2, 0) is 16.0 Å². The molecule has 2 aromatic heterocycles. The van der Waals surface area contributed by atoms with Gasteiger partial charge in [-0.3, -0.25) is 14.7 Å². The summed E-state index contributed by atoms with van der Waals surface area (Å²) in [6.07, 6.45) is 3.81. The van der Waals surface area contributed by atoms with Crippen LogP contribution >= 0.6 is 0 Å². The molecule has 128 valence electrons. The third-order valence-electron chi connectivity index (χ3n) is 3.64. The monoisotopic (exact) mass is 338 g/mol. The third-order valence-corrected chi connectivity index (χ3v) is 3.64. The Bertz CT molecular complexity index is 798. The maximum atomic E-state index is 12.6. The molecule has 7 nitrogen and oxygen atoms in total. The van der Waals surface area contributed by atoms with Gasteiger partial charge in [0.25, 0.3) is 5.91 Å². The molecule has 2 heterocycles. The number of aromatic amines is 1. The Morgan fingerprint density at radius 1 is 1.12 bits per heavy atom. The SMILES string of the molecule is O=C(CCc1ccco1)N[C@H](C(=O)Nc1ccn[nH]1)c1ccccc1. The van der Waals surface area contributed by atoms with Crippen LogP contribution in [0.1, 0.15) is 23.8 Å². The Kier molecular flexibility index (Phi) is 5.26. The minimum absolute atomic E-state index is 0.230. The highest BCUT2D eigenvalue weighted by Crippen LogP contribution is 2.16. The second-order valence-corrected chi connectivity index (χ2v) is 5.45. The molecule has 0 aliphatic heterocycles. The summed E-state index contributed by atoms with van der Waals surface area (Å²) in [4.78, 5) is 24.9. The van der Waals surface area contributed by atoms with Gasteiger partial charge < -0.3 is 15.1 Å². The molecule has 3 N–H and O–H groups in total. The second kappa shape index (κ2) is 7.96. The topological polar surface area (TPSA) is 100 Å². The van der Waals surface area contributed by atoms with E-state index in [1.807, 2.05) is 24.3 Å². The molecule has 25 heavy (non-hydrogen) atoms. The van der Waals surface area contributed by atoms with Crippen LogP contribution in [0, 0.1) is 0 Å². The number of amides is 2.